The topological polar surface area (TPSA) is 55.1 Å². The molecule has 1 N–H and O–H groups in total. The third-order valence-electron chi connectivity index (χ3n) is 2.85. The minimum atomic E-state index is 0.142. The Morgan fingerprint density at radius 2 is 2.39 bits per heavy atom. The largest absolute Gasteiger partial charge is 0.311 e. The monoisotopic (exact) mass is 259 g/mol. The minimum Gasteiger partial charge on any atom is -0.311 e. The van der Waals surface area contributed by atoms with Gasteiger partial charge in [0.15, 0.2) is 4.96 Å². The van der Waals surface area contributed by atoms with Crippen molar-refractivity contribution in [2.75, 3.05) is 7.05 Å². The van der Waals surface area contributed by atoms with E-state index in [9.17, 15) is 0 Å². The summed E-state index contributed by atoms with van der Waals surface area (Å²) in [6.45, 7) is 0. The lowest BCUT2D eigenvalue weighted by Crippen LogP contribution is -2.20. The van der Waals surface area contributed by atoms with E-state index in [1.54, 1.807) is 29.9 Å². The summed E-state index contributed by atoms with van der Waals surface area (Å²) >= 11 is 1.64. The summed E-state index contributed by atoms with van der Waals surface area (Å²) in [4.78, 5) is 14.0. The maximum Gasteiger partial charge on any atom is 0.193 e. The van der Waals surface area contributed by atoms with Crippen molar-refractivity contribution in [2.24, 2.45) is 0 Å². The molecule has 1 unspecified atom stereocenters. The zero-order valence-electron chi connectivity index (χ0n) is 9.95. The van der Waals surface area contributed by atoms with Crippen LogP contribution in [0.15, 0.2) is 36.4 Å². The van der Waals surface area contributed by atoms with Gasteiger partial charge in [0.05, 0.1) is 17.4 Å². The van der Waals surface area contributed by atoms with Gasteiger partial charge in [0, 0.05) is 42.8 Å². The minimum absolute atomic E-state index is 0.142. The molecule has 0 saturated carbocycles. The summed E-state index contributed by atoms with van der Waals surface area (Å²) in [6, 6.07) is 0.142. The number of rotatable bonds is 4. The van der Waals surface area contributed by atoms with E-state index in [0.29, 0.717) is 0 Å². The molecule has 0 fully saturated rings. The molecule has 0 bridgehead atoms. The summed E-state index contributed by atoms with van der Waals surface area (Å²) < 4.78 is 2.05. The van der Waals surface area contributed by atoms with Gasteiger partial charge >= 0.3 is 0 Å². The molecule has 0 aromatic carbocycles. The van der Waals surface area contributed by atoms with Crippen LogP contribution in [0.4, 0.5) is 0 Å². The molecule has 5 nitrogen and oxygen atoms in total. The fourth-order valence-corrected chi connectivity index (χ4v) is 2.65. The summed E-state index contributed by atoms with van der Waals surface area (Å²) in [5, 5.41) is 5.29. The number of fused-ring (bicyclic) bond motifs is 1. The summed E-state index contributed by atoms with van der Waals surface area (Å²) in [7, 11) is 1.93. The molecule has 0 spiro atoms. The van der Waals surface area contributed by atoms with Crippen molar-refractivity contribution in [3.63, 3.8) is 0 Å². The van der Waals surface area contributed by atoms with Gasteiger partial charge < -0.3 is 5.32 Å². The van der Waals surface area contributed by atoms with Crippen LogP contribution >= 0.6 is 11.3 Å². The third kappa shape index (κ3) is 2.12. The van der Waals surface area contributed by atoms with Crippen molar-refractivity contribution in [3.05, 3.63) is 47.8 Å². The number of hydrogen-bond acceptors (Lipinski definition) is 5. The molecule has 0 aliphatic rings. The van der Waals surface area contributed by atoms with Gasteiger partial charge in [-0.15, -0.1) is 11.3 Å². The first kappa shape index (κ1) is 11.3. The number of likely N-dealkylation sites (N-methyl/N-ethyl adjacent to an activating group) is 1. The van der Waals surface area contributed by atoms with Gasteiger partial charge in [-0.2, -0.15) is 0 Å². The van der Waals surface area contributed by atoms with Crippen LogP contribution in [0.2, 0.25) is 0 Å². The molecule has 0 aliphatic heterocycles. The van der Waals surface area contributed by atoms with Crippen LogP contribution in [0.1, 0.15) is 17.4 Å². The first-order valence-electron chi connectivity index (χ1n) is 5.71. The van der Waals surface area contributed by atoms with E-state index in [0.717, 1.165) is 22.8 Å². The van der Waals surface area contributed by atoms with E-state index in [-0.39, 0.29) is 6.04 Å². The van der Waals surface area contributed by atoms with Crippen LogP contribution in [-0.2, 0) is 6.42 Å². The van der Waals surface area contributed by atoms with Crippen molar-refractivity contribution < 1.29 is 0 Å². The number of nitrogens with zero attached hydrogens (tertiary/aromatic N) is 4. The third-order valence-corrected chi connectivity index (χ3v) is 3.62. The molecule has 3 heterocycles. The second-order valence-electron chi connectivity index (χ2n) is 4.00. The number of hydrogen-bond donors (Lipinski definition) is 1. The van der Waals surface area contributed by atoms with Gasteiger partial charge in [-0.3, -0.25) is 14.4 Å². The van der Waals surface area contributed by atoms with Crippen molar-refractivity contribution in [3.8, 4) is 0 Å². The molecule has 18 heavy (non-hydrogen) atoms. The standard InChI is InChI=1S/C12H13N5S/c1-13-10(11-7-14-2-3-15-11)6-9-8-17-4-5-18-12(17)16-9/h2-5,7-8,10,13H,6H2,1H3. The Morgan fingerprint density at radius 3 is 3.11 bits per heavy atom. The number of aromatic nitrogens is 4. The van der Waals surface area contributed by atoms with Gasteiger partial charge in [-0.25, -0.2) is 4.98 Å². The summed E-state index contributed by atoms with van der Waals surface area (Å²) in [5.74, 6) is 0. The smallest absolute Gasteiger partial charge is 0.193 e. The van der Waals surface area contributed by atoms with Gasteiger partial charge in [-0.1, -0.05) is 0 Å². The van der Waals surface area contributed by atoms with Crippen LogP contribution in [0.3, 0.4) is 0 Å². The lowest BCUT2D eigenvalue weighted by Gasteiger charge is -2.13. The van der Waals surface area contributed by atoms with Crippen LogP contribution < -0.4 is 5.32 Å². The molecule has 0 aliphatic carbocycles. The molecule has 1 atom stereocenters. The maximum atomic E-state index is 4.58. The average molecular weight is 259 g/mol. The fourth-order valence-electron chi connectivity index (χ4n) is 1.93. The first-order valence-corrected chi connectivity index (χ1v) is 6.59. The van der Waals surface area contributed by atoms with E-state index in [4.69, 9.17) is 0 Å². The Balaban J connectivity index is 1.84. The molecule has 3 aromatic heterocycles. The highest BCUT2D eigenvalue weighted by molar-refractivity contribution is 7.15. The van der Waals surface area contributed by atoms with Gasteiger partial charge in [0.1, 0.15) is 0 Å². The Hall–Kier alpha value is -1.79. The van der Waals surface area contributed by atoms with Gasteiger partial charge in [-0.05, 0) is 7.05 Å². The molecular weight excluding hydrogens is 246 g/mol. The van der Waals surface area contributed by atoms with E-state index in [2.05, 4.69) is 26.5 Å². The van der Waals surface area contributed by atoms with E-state index >= 15 is 0 Å². The molecule has 0 amide bonds. The molecular formula is C12H13N5S. The lowest BCUT2D eigenvalue weighted by molar-refractivity contribution is 0.567. The predicted octanol–water partition coefficient (Wildman–Crippen LogP) is 1.69. The lowest BCUT2D eigenvalue weighted by atomic mass is 10.1. The highest BCUT2D eigenvalue weighted by Crippen LogP contribution is 2.17. The highest BCUT2D eigenvalue weighted by atomic mass is 32.1. The zero-order valence-corrected chi connectivity index (χ0v) is 10.8. The second kappa shape index (κ2) is 4.83. The van der Waals surface area contributed by atoms with Crippen LogP contribution in [0.5, 0.6) is 0 Å². The number of thiazole rings is 1. The second-order valence-corrected chi connectivity index (χ2v) is 4.87. The van der Waals surface area contributed by atoms with E-state index in [1.165, 1.54) is 0 Å². The molecule has 0 saturated heterocycles. The molecule has 0 radical (unpaired) electrons. The normalized spacial score (nSPS) is 12.9. The van der Waals surface area contributed by atoms with Crippen LogP contribution in [0.25, 0.3) is 4.96 Å². The maximum absolute atomic E-state index is 4.58. The Morgan fingerprint density at radius 1 is 1.44 bits per heavy atom. The SMILES string of the molecule is CNC(Cc1cn2ccsc2n1)c1cnccn1. The van der Waals surface area contributed by atoms with Crippen LogP contribution in [0, 0.1) is 0 Å². The zero-order chi connectivity index (χ0) is 12.4. The van der Waals surface area contributed by atoms with Crippen molar-refractivity contribution in [1.82, 2.24) is 24.7 Å². The van der Waals surface area contributed by atoms with Gasteiger partial charge in [0.25, 0.3) is 0 Å². The number of nitrogens with one attached hydrogen (secondary N) is 1. The quantitative estimate of drug-likeness (QED) is 0.774. The Bertz CT molecular complexity index is 602. The van der Waals surface area contributed by atoms with Crippen LogP contribution in [-0.4, -0.2) is 26.4 Å². The van der Waals surface area contributed by atoms with Crippen molar-refractivity contribution in [2.45, 2.75) is 12.5 Å². The Kier molecular flexibility index (Phi) is 3.04. The molecule has 92 valence electrons. The fraction of sp³-hybridized carbons (Fsp3) is 0.250. The predicted molar refractivity (Wildman–Crippen MR) is 70.6 cm³/mol. The van der Waals surface area contributed by atoms with E-state index < -0.39 is 0 Å². The Labute approximate surface area is 109 Å². The summed E-state index contributed by atoms with van der Waals surface area (Å²) in [6.07, 6.45) is 10.1. The molecule has 3 rings (SSSR count). The molecule has 3 aromatic rings. The average Bonchev–Trinajstić information content (AvgIpc) is 2.97. The summed E-state index contributed by atoms with van der Waals surface area (Å²) in [5.41, 5.74) is 2.00. The van der Waals surface area contributed by atoms with Crippen molar-refractivity contribution >= 4 is 16.3 Å². The number of imidazole rings is 1. The van der Waals surface area contributed by atoms with Gasteiger partial charge in [0.2, 0.25) is 0 Å². The van der Waals surface area contributed by atoms with E-state index in [1.807, 2.05) is 23.0 Å². The molecule has 6 heteroatoms. The first-order chi connectivity index (χ1) is 8.86. The highest BCUT2D eigenvalue weighted by Gasteiger charge is 2.14. The van der Waals surface area contributed by atoms with Crippen molar-refractivity contribution in [1.29, 1.82) is 0 Å².